The monoisotopic (exact) mass is 303 g/mol. The van der Waals surface area contributed by atoms with Crippen LogP contribution in [0.3, 0.4) is 0 Å². The van der Waals surface area contributed by atoms with Gasteiger partial charge < -0.3 is 16.0 Å². The zero-order valence-electron chi connectivity index (χ0n) is 14.4. The van der Waals surface area contributed by atoms with Gasteiger partial charge in [0.2, 0.25) is 5.91 Å². The Labute approximate surface area is 134 Å². The molecule has 1 aliphatic rings. The first kappa shape index (κ1) is 16.7. The predicted molar refractivity (Wildman–Crippen MR) is 94.2 cm³/mol. The quantitative estimate of drug-likeness (QED) is 0.838. The molecule has 4 heteroatoms. The minimum absolute atomic E-state index is 0.00174. The molecule has 1 saturated heterocycles. The second-order valence-corrected chi connectivity index (χ2v) is 7.22. The molecule has 1 aromatic rings. The van der Waals surface area contributed by atoms with Gasteiger partial charge in [-0.15, -0.1) is 0 Å². The Bertz CT molecular complexity index is 544. The number of carbonyl (C=O) groups is 1. The van der Waals surface area contributed by atoms with Crippen molar-refractivity contribution in [1.82, 2.24) is 0 Å². The number of benzene rings is 1. The van der Waals surface area contributed by atoms with Crippen LogP contribution in [0.15, 0.2) is 12.1 Å². The third-order valence-corrected chi connectivity index (χ3v) is 4.36. The molecule has 2 rings (SSSR count). The van der Waals surface area contributed by atoms with Gasteiger partial charge in [0.15, 0.2) is 0 Å². The summed E-state index contributed by atoms with van der Waals surface area (Å²) >= 11 is 0. The maximum Gasteiger partial charge on any atom is 0.226 e. The second-order valence-electron chi connectivity index (χ2n) is 7.22. The molecule has 0 aromatic heterocycles. The van der Waals surface area contributed by atoms with Crippen molar-refractivity contribution in [3.63, 3.8) is 0 Å². The van der Waals surface area contributed by atoms with Gasteiger partial charge in [-0.25, -0.2) is 0 Å². The number of amides is 1. The zero-order chi connectivity index (χ0) is 16.4. The molecule has 0 aliphatic carbocycles. The van der Waals surface area contributed by atoms with Crippen molar-refractivity contribution in [1.29, 1.82) is 0 Å². The Hall–Kier alpha value is -1.71. The van der Waals surface area contributed by atoms with Gasteiger partial charge in [-0.05, 0) is 42.9 Å². The lowest BCUT2D eigenvalue weighted by atomic mass is 9.91. The van der Waals surface area contributed by atoms with E-state index in [1.165, 1.54) is 17.7 Å². The topological polar surface area (TPSA) is 58.4 Å². The zero-order valence-corrected chi connectivity index (χ0v) is 14.4. The average Bonchev–Trinajstić information content (AvgIpc) is 2.40. The molecule has 0 unspecified atom stereocenters. The van der Waals surface area contributed by atoms with Crippen molar-refractivity contribution in [3.8, 4) is 0 Å². The summed E-state index contributed by atoms with van der Waals surface area (Å²) in [6.45, 7) is 12.6. The van der Waals surface area contributed by atoms with Gasteiger partial charge in [-0.3, -0.25) is 4.79 Å². The lowest BCUT2D eigenvalue weighted by Crippen LogP contribution is -2.39. The van der Waals surface area contributed by atoms with E-state index in [0.717, 1.165) is 18.8 Å². The van der Waals surface area contributed by atoms with Crippen LogP contribution in [0.5, 0.6) is 0 Å². The standard InChI is InChI=1S/C18H29N3O/c1-11(2)18(22)20-16-8-17(14(5)7-15(16)19)21-9-12(3)6-13(4)10-21/h7-8,11-13H,6,9-10,19H2,1-5H3,(H,20,22)/t12-,13-/m1/s1. The summed E-state index contributed by atoms with van der Waals surface area (Å²) in [6, 6.07) is 4.00. The molecule has 0 radical (unpaired) electrons. The summed E-state index contributed by atoms with van der Waals surface area (Å²) in [4.78, 5) is 14.4. The molecule has 1 amide bonds. The van der Waals surface area contributed by atoms with E-state index in [1.54, 1.807) is 0 Å². The number of nitrogens with zero attached hydrogens (tertiary/aromatic N) is 1. The normalized spacial score (nSPS) is 22.0. The summed E-state index contributed by atoms with van der Waals surface area (Å²) in [6.07, 6.45) is 1.28. The van der Waals surface area contributed by atoms with Gasteiger partial charge in [0, 0.05) is 24.7 Å². The Morgan fingerprint density at radius 1 is 1.27 bits per heavy atom. The van der Waals surface area contributed by atoms with E-state index in [-0.39, 0.29) is 11.8 Å². The summed E-state index contributed by atoms with van der Waals surface area (Å²) in [7, 11) is 0. The number of rotatable bonds is 3. The van der Waals surface area contributed by atoms with Gasteiger partial charge in [-0.1, -0.05) is 27.7 Å². The van der Waals surface area contributed by atoms with E-state index in [2.05, 4.69) is 31.0 Å². The number of nitrogen functional groups attached to an aromatic ring is 1. The molecule has 1 fully saturated rings. The van der Waals surface area contributed by atoms with Crippen LogP contribution < -0.4 is 16.0 Å². The molecule has 22 heavy (non-hydrogen) atoms. The summed E-state index contributed by atoms with van der Waals surface area (Å²) in [5.41, 5.74) is 9.80. The molecule has 2 atom stereocenters. The molecule has 3 N–H and O–H groups in total. The Morgan fingerprint density at radius 3 is 2.41 bits per heavy atom. The van der Waals surface area contributed by atoms with E-state index in [9.17, 15) is 4.79 Å². The third kappa shape index (κ3) is 3.73. The van der Waals surface area contributed by atoms with Crippen molar-refractivity contribution in [2.45, 2.75) is 41.0 Å². The minimum atomic E-state index is -0.0563. The number of anilines is 3. The predicted octanol–water partition coefficient (Wildman–Crippen LogP) is 3.65. The number of piperidine rings is 1. The van der Waals surface area contributed by atoms with Crippen LogP contribution in [0.1, 0.15) is 39.7 Å². The SMILES string of the molecule is Cc1cc(N)c(NC(=O)C(C)C)cc1N1C[C@H](C)C[C@@H](C)C1. The van der Waals surface area contributed by atoms with Gasteiger partial charge in [0.1, 0.15) is 0 Å². The van der Waals surface area contributed by atoms with Gasteiger partial charge in [0.05, 0.1) is 11.4 Å². The van der Waals surface area contributed by atoms with Crippen LogP contribution in [0.25, 0.3) is 0 Å². The van der Waals surface area contributed by atoms with Crippen LogP contribution in [0.4, 0.5) is 17.1 Å². The smallest absolute Gasteiger partial charge is 0.226 e. The van der Waals surface area contributed by atoms with Crippen molar-refractivity contribution < 1.29 is 4.79 Å². The Kier molecular flexibility index (Phi) is 4.99. The van der Waals surface area contributed by atoms with E-state index in [0.29, 0.717) is 17.5 Å². The maximum absolute atomic E-state index is 12.0. The fourth-order valence-electron chi connectivity index (χ4n) is 3.30. The fourth-order valence-corrected chi connectivity index (χ4v) is 3.30. The van der Waals surface area contributed by atoms with Crippen molar-refractivity contribution in [2.24, 2.45) is 17.8 Å². The first-order valence-corrected chi connectivity index (χ1v) is 8.23. The highest BCUT2D eigenvalue weighted by Crippen LogP contribution is 2.33. The molecule has 0 spiro atoms. The van der Waals surface area contributed by atoms with E-state index >= 15 is 0 Å². The highest BCUT2D eigenvalue weighted by molar-refractivity contribution is 5.96. The Balaban J connectivity index is 2.29. The van der Waals surface area contributed by atoms with Crippen LogP contribution in [0.2, 0.25) is 0 Å². The fraction of sp³-hybridized carbons (Fsp3) is 0.611. The molecule has 0 saturated carbocycles. The van der Waals surface area contributed by atoms with Crippen LogP contribution >= 0.6 is 0 Å². The van der Waals surface area contributed by atoms with Crippen molar-refractivity contribution in [3.05, 3.63) is 17.7 Å². The average molecular weight is 303 g/mol. The molecular weight excluding hydrogens is 274 g/mol. The molecular formula is C18H29N3O. The molecule has 1 aromatic carbocycles. The molecule has 4 nitrogen and oxygen atoms in total. The number of nitrogens with two attached hydrogens (primary N) is 1. The maximum atomic E-state index is 12.0. The van der Waals surface area contributed by atoms with E-state index < -0.39 is 0 Å². The number of aryl methyl sites for hydroxylation is 1. The largest absolute Gasteiger partial charge is 0.397 e. The van der Waals surface area contributed by atoms with Crippen LogP contribution in [-0.4, -0.2) is 19.0 Å². The number of hydrogen-bond acceptors (Lipinski definition) is 3. The summed E-state index contributed by atoms with van der Waals surface area (Å²) in [5.74, 6) is 1.32. The second kappa shape index (κ2) is 6.59. The highest BCUT2D eigenvalue weighted by atomic mass is 16.1. The number of nitrogens with one attached hydrogen (secondary N) is 1. The number of carbonyl (C=O) groups excluding carboxylic acids is 1. The summed E-state index contributed by atoms with van der Waals surface area (Å²) in [5, 5.41) is 2.95. The third-order valence-electron chi connectivity index (χ3n) is 4.36. The molecule has 122 valence electrons. The number of hydrogen-bond donors (Lipinski definition) is 2. The van der Waals surface area contributed by atoms with Gasteiger partial charge in [0.25, 0.3) is 0 Å². The molecule has 0 bridgehead atoms. The lowest BCUT2D eigenvalue weighted by molar-refractivity contribution is -0.118. The Morgan fingerprint density at radius 2 is 1.86 bits per heavy atom. The summed E-state index contributed by atoms with van der Waals surface area (Å²) < 4.78 is 0. The molecule has 1 heterocycles. The first-order chi connectivity index (χ1) is 10.3. The van der Waals surface area contributed by atoms with Crippen molar-refractivity contribution in [2.75, 3.05) is 29.0 Å². The van der Waals surface area contributed by atoms with Gasteiger partial charge in [-0.2, -0.15) is 0 Å². The van der Waals surface area contributed by atoms with E-state index in [1.807, 2.05) is 26.0 Å². The van der Waals surface area contributed by atoms with Crippen LogP contribution in [-0.2, 0) is 4.79 Å². The van der Waals surface area contributed by atoms with Crippen LogP contribution in [0, 0.1) is 24.7 Å². The van der Waals surface area contributed by atoms with E-state index in [4.69, 9.17) is 5.73 Å². The first-order valence-electron chi connectivity index (χ1n) is 8.23. The van der Waals surface area contributed by atoms with Gasteiger partial charge >= 0.3 is 0 Å². The molecule has 1 aliphatic heterocycles. The van der Waals surface area contributed by atoms with Crippen molar-refractivity contribution >= 4 is 23.0 Å². The minimum Gasteiger partial charge on any atom is -0.397 e. The highest BCUT2D eigenvalue weighted by Gasteiger charge is 2.24. The lowest BCUT2D eigenvalue weighted by Gasteiger charge is -2.37.